The molecule has 2 heterocycles. The summed E-state index contributed by atoms with van der Waals surface area (Å²) in [5, 5.41) is 2.94. The minimum absolute atomic E-state index is 0.0379. The SMILES string of the molecule is O=C(NC1CCN(C2CC2)C1)c1cc(F)cnc1Cl. The molecular formula is C13H15ClFN3O. The van der Waals surface area contributed by atoms with E-state index < -0.39 is 5.82 Å². The number of amides is 1. The Kier molecular flexibility index (Phi) is 3.41. The predicted octanol–water partition coefficient (Wildman–Crippen LogP) is 1.84. The number of nitrogens with one attached hydrogen (secondary N) is 1. The number of carbonyl (C=O) groups excluding carboxylic acids is 1. The molecule has 3 rings (SSSR count). The monoisotopic (exact) mass is 283 g/mol. The summed E-state index contributed by atoms with van der Waals surface area (Å²) < 4.78 is 13.1. The molecule has 2 aliphatic rings. The lowest BCUT2D eigenvalue weighted by Gasteiger charge is -2.16. The Morgan fingerprint density at radius 2 is 2.26 bits per heavy atom. The molecule has 2 fully saturated rings. The van der Waals surface area contributed by atoms with E-state index in [1.165, 1.54) is 12.8 Å². The maximum Gasteiger partial charge on any atom is 0.254 e. The molecule has 1 aromatic heterocycles. The van der Waals surface area contributed by atoms with Gasteiger partial charge in [0, 0.05) is 25.2 Å². The molecule has 1 aromatic rings. The van der Waals surface area contributed by atoms with E-state index in [9.17, 15) is 9.18 Å². The average Bonchev–Trinajstić information content (AvgIpc) is 3.13. The van der Waals surface area contributed by atoms with Crippen molar-refractivity contribution in [3.63, 3.8) is 0 Å². The molecule has 1 aliphatic heterocycles. The Bertz CT molecular complexity index is 507. The van der Waals surface area contributed by atoms with Crippen LogP contribution in [0.15, 0.2) is 12.3 Å². The van der Waals surface area contributed by atoms with Gasteiger partial charge in [-0.05, 0) is 25.3 Å². The molecule has 0 radical (unpaired) electrons. The summed E-state index contributed by atoms with van der Waals surface area (Å²) in [6.07, 6.45) is 4.47. The van der Waals surface area contributed by atoms with Crippen molar-refractivity contribution in [1.82, 2.24) is 15.2 Å². The second-order valence-corrected chi connectivity index (χ2v) is 5.54. The quantitative estimate of drug-likeness (QED) is 0.861. The first-order chi connectivity index (χ1) is 9.13. The standard InChI is InChI=1S/C13H15ClFN3O/c14-12-11(5-8(15)6-16-12)13(19)17-9-3-4-18(7-9)10-1-2-10/h5-6,9-10H,1-4,7H2,(H,17,19). The summed E-state index contributed by atoms with van der Waals surface area (Å²) in [4.78, 5) is 18.1. The van der Waals surface area contributed by atoms with Crippen molar-refractivity contribution in [2.75, 3.05) is 13.1 Å². The van der Waals surface area contributed by atoms with Gasteiger partial charge < -0.3 is 5.32 Å². The van der Waals surface area contributed by atoms with Crippen molar-refractivity contribution in [3.8, 4) is 0 Å². The Hall–Kier alpha value is -1.20. The van der Waals surface area contributed by atoms with Gasteiger partial charge in [0.25, 0.3) is 5.91 Å². The highest BCUT2D eigenvalue weighted by Crippen LogP contribution is 2.29. The second-order valence-electron chi connectivity index (χ2n) is 5.18. The molecular weight excluding hydrogens is 269 g/mol. The van der Waals surface area contributed by atoms with E-state index in [2.05, 4.69) is 15.2 Å². The van der Waals surface area contributed by atoms with Crippen molar-refractivity contribution in [3.05, 3.63) is 28.8 Å². The van der Waals surface area contributed by atoms with Crippen LogP contribution in [0.1, 0.15) is 29.6 Å². The zero-order valence-electron chi connectivity index (χ0n) is 10.4. The van der Waals surface area contributed by atoms with Crippen LogP contribution in [-0.4, -0.2) is 41.0 Å². The van der Waals surface area contributed by atoms with E-state index in [1.54, 1.807) is 0 Å². The minimum atomic E-state index is -0.555. The van der Waals surface area contributed by atoms with Crippen LogP contribution in [-0.2, 0) is 0 Å². The maximum atomic E-state index is 13.1. The average molecular weight is 284 g/mol. The van der Waals surface area contributed by atoms with Crippen molar-refractivity contribution in [2.24, 2.45) is 0 Å². The maximum absolute atomic E-state index is 13.1. The normalized spacial score (nSPS) is 23.6. The van der Waals surface area contributed by atoms with Gasteiger partial charge in [0.05, 0.1) is 11.8 Å². The fourth-order valence-electron chi connectivity index (χ4n) is 2.52. The number of aromatic nitrogens is 1. The van der Waals surface area contributed by atoms with Gasteiger partial charge in [0.2, 0.25) is 0 Å². The summed E-state index contributed by atoms with van der Waals surface area (Å²) >= 11 is 5.82. The molecule has 0 bridgehead atoms. The number of rotatable bonds is 3. The van der Waals surface area contributed by atoms with Gasteiger partial charge in [-0.15, -0.1) is 0 Å². The molecule has 0 aromatic carbocycles. The highest BCUT2D eigenvalue weighted by molar-refractivity contribution is 6.32. The highest BCUT2D eigenvalue weighted by Gasteiger charge is 2.35. The summed E-state index contributed by atoms with van der Waals surface area (Å²) in [6.45, 7) is 1.89. The van der Waals surface area contributed by atoms with E-state index in [0.29, 0.717) is 6.04 Å². The Balaban J connectivity index is 1.63. The number of hydrogen-bond acceptors (Lipinski definition) is 3. The van der Waals surface area contributed by atoms with Crippen LogP contribution in [0.25, 0.3) is 0 Å². The van der Waals surface area contributed by atoms with E-state index in [0.717, 1.165) is 31.8 Å². The number of hydrogen-bond donors (Lipinski definition) is 1. The van der Waals surface area contributed by atoms with Crippen LogP contribution in [0, 0.1) is 5.82 Å². The molecule has 19 heavy (non-hydrogen) atoms. The molecule has 1 saturated carbocycles. The predicted molar refractivity (Wildman–Crippen MR) is 69.7 cm³/mol. The zero-order chi connectivity index (χ0) is 13.4. The molecule has 6 heteroatoms. The lowest BCUT2D eigenvalue weighted by Crippen LogP contribution is -2.37. The number of nitrogens with zero attached hydrogens (tertiary/aromatic N) is 2. The molecule has 1 amide bonds. The van der Waals surface area contributed by atoms with Crippen LogP contribution in [0.4, 0.5) is 4.39 Å². The fraction of sp³-hybridized carbons (Fsp3) is 0.538. The fourth-order valence-corrected chi connectivity index (χ4v) is 2.71. The van der Waals surface area contributed by atoms with Crippen LogP contribution >= 0.6 is 11.6 Å². The summed E-state index contributed by atoms with van der Waals surface area (Å²) in [6, 6.07) is 1.95. The number of halogens is 2. The van der Waals surface area contributed by atoms with Crippen LogP contribution in [0.2, 0.25) is 5.15 Å². The van der Waals surface area contributed by atoms with Crippen molar-refractivity contribution in [2.45, 2.75) is 31.3 Å². The number of likely N-dealkylation sites (tertiary alicyclic amines) is 1. The molecule has 1 aliphatic carbocycles. The largest absolute Gasteiger partial charge is 0.348 e. The summed E-state index contributed by atoms with van der Waals surface area (Å²) in [5.41, 5.74) is 0.103. The third-order valence-electron chi connectivity index (χ3n) is 3.67. The number of pyridine rings is 1. The first-order valence-corrected chi connectivity index (χ1v) is 6.87. The van der Waals surface area contributed by atoms with Gasteiger partial charge in [0.1, 0.15) is 11.0 Å². The van der Waals surface area contributed by atoms with Crippen LogP contribution in [0.5, 0.6) is 0 Å². The van der Waals surface area contributed by atoms with Gasteiger partial charge in [-0.1, -0.05) is 11.6 Å². The molecule has 1 unspecified atom stereocenters. The lowest BCUT2D eigenvalue weighted by atomic mass is 10.2. The molecule has 1 atom stereocenters. The summed E-state index contributed by atoms with van der Waals surface area (Å²) in [5.74, 6) is -0.903. The first-order valence-electron chi connectivity index (χ1n) is 6.49. The van der Waals surface area contributed by atoms with E-state index in [4.69, 9.17) is 11.6 Å². The van der Waals surface area contributed by atoms with Crippen molar-refractivity contribution in [1.29, 1.82) is 0 Å². The van der Waals surface area contributed by atoms with Gasteiger partial charge >= 0.3 is 0 Å². The van der Waals surface area contributed by atoms with E-state index in [1.807, 2.05) is 0 Å². The van der Waals surface area contributed by atoms with Crippen molar-refractivity contribution < 1.29 is 9.18 Å². The third-order valence-corrected chi connectivity index (χ3v) is 3.97. The van der Waals surface area contributed by atoms with Gasteiger partial charge in [-0.25, -0.2) is 9.37 Å². The second kappa shape index (κ2) is 5.06. The van der Waals surface area contributed by atoms with E-state index >= 15 is 0 Å². The number of carbonyl (C=O) groups is 1. The van der Waals surface area contributed by atoms with Crippen LogP contribution in [0.3, 0.4) is 0 Å². The van der Waals surface area contributed by atoms with E-state index in [-0.39, 0.29) is 22.7 Å². The molecule has 1 saturated heterocycles. The first kappa shape index (κ1) is 12.8. The van der Waals surface area contributed by atoms with Crippen molar-refractivity contribution >= 4 is 17.5 Å². The lowest BCUT2D eigenvalue weighted by molar-refractivity contribution is 0.0937. The van der Waals surface area contributed by atoms with Gasteiger partial charge in [-0.3, -0.25) is 9.69 Å². The Morgan fingerprint density at radius 3 is 3.00 bits per heavy atom. The van der Waals surface area contributed by atoms with Gasteiger partial charge in [-0.2, -0.15) is 0 Å². The molecule has 102 valence electrons. The topological polar surface area (TPSA) is 45.2 Å². The molecule has 4 nitrogen and oxygen atoms in total. The van der Waals surface area contributed by atoms with Gasteiger partial charge in [0.15, 0.2) is 0 Å². The third kappa shape index (κ3) is 2.87. The Morgan fingerprint density at radius 1 is 1.47 bits per heavy atom. The minimum Gasteiger partial charge on any atom is -0.348 e. The summed E-state index contributed by atoms with van der Waals surface area (Å²) in [7, 11) is 0. The smallest absolute Gasteiger partial charge is 0.254 e. The van der Waals surface area contributed by atoms with Crippen LogP contribution < -0.4 is 5.32 Å². The molecule has 0 spiro atoms. The Labute approximate surface area is 115 Å². The molecule has 1 N–H and O–H groups in total. The zero-order valence-corrected chi connectivity index (χ0v) is 11.2. The highest BCUT2D eigenvalue weighted by atomic mass is 35.5.